The minimum atomic E-state index is -0.274. The van der Waals surface area contributed by atoms with Crippen molar-refractivity contribution in [2.45, 2.75) is 18.2 Å². The number of fused-ring (bicyclic) bond motifs is 1. The molecule has 1 heterocycles. The van der Waals surface area contributed by atoms with Gasteiger partial charge in [-0.1, -0.05) is 24.3 Å². The Morgan fingerprint density at radius 2 is 1.86 bits per heavy atom. The van der Waals surface area contributed by atoms with Gasteiger partial charge in [0.15, 0.2) is 5.13 Å². The number of anilines is 1. The molecule has 3 aromatic rings. The minimum Gasteiger partial charge on any atom is -0.308 e. The van der Waals surface area contributed by atoms with Gasteiger partial charge in [-0.2, -0.15) is 0 Å². The number of hydrogen-bond acceptors (Lipinski definition) is 5. The van der Waals surface area contributed by atoms with Crippen LogP contribution in [0.4, 0.5) is 9.52 Å². The molecule has 29 heavy (non-hydrogen) atoms. The average Bonchev–Trinajstić information content (AvgIpc) is 3.10. The molecule has 0 aliphatic rings. The summed E-state index contributed by atoms with van der Waals surface area (Å²) in [6.45, 7) is 3.46. The number of carbonyl (C=O) groups excluding carboxylic acids is 1. The lowest BCUT2D eigenvalue weighted by atomic mass is 10.2. The number of thioether (sulfide) groups is 1. The van der Waals surface area contributed by atoms with Crippen LogP contribution in [0.1, 0.15) is 12.5 Å². The summed E-state index contributed by atoms with van der Waals surface area (Å²) in [6, 6.07) is 12.5. The Labute approximate surface area is 185 Å². The standard InChI is InChI=1S/C21H24FN3OS2.ClH/c1-4-15-5-10-18-19(13-15)28-21(23-18)25(12-11-24(2)3)20(26)14-27-17-8-6-16(22)7-9-17;/h5-10,13H,4,11-12,14H2,1-3H3;1H. The van der Waals surface area contributed by atoms with Gasteiger partial charge in [0.25, 0.3) is 0 Å². The van der Waals surface area contributed by atoms with E-state index in [9.17, 15) is 9.18 Å². The largest absolute Gasteiger partial charge is 0.308 e. The third-order valence-corrected chi connectivity index (χ3v) is 6.37. The van der Waals surface area contributed by atoms with Gasteiger partial charge < -0.3 is 4.90 Å². The van der Waals surface area contributed by atoms with Crippen LogP contribution in [-0.4, -0.2) is 48.7 Å². The Hall–Kier alpha value is -1.67. The number of carbonyl (C=O) groups is 1. The summed E-state index contributed by atoms with van der Waals surface area (Å²) in [4.78, 5) is 22.4. The topological polar surface area (TPSA) is 36.4 Å². The molecule has 2 aromatic carbocycles. The first-order valence-corrected chi connectivity index (χ1v) is 11.0. The van der Waals surface area contributed by atoms with Crippen molar-refractivity contribution in [1.82, 2.24) is 9.88 Å². The van der Waals surface area contributed by atoms with Crippen LogP contribution in [-0.2, 0) is 11.2 Å². The fourth-order valence-electron chi connectivity index (χ4n) is 2.67. The lowest BCUT2D eigenvalue weighted by Crippen LogP contribution is -2.37. The highest BCUT2D eigenvalue weighted by Crippen LogP contribution is 2.30. The highest BCUT2D eigenvalue weighted by Gasteiger charge is 2.20. The summed E-state index contributed by atoms with van der Waals surface area (Å²) >= 11 is 2.97. The lowest BCUT2D eigenvalue weighted by molar-refractivity contribution is -0.116. The predicted octanol–water partition coefficient (Wildman–Crippen LogP) is 5.11. The van der Waals surface area contributed by atoms with Gasteiger partial charge in [-0.25, -0.2) is 9.37 Å². The van der Waals surface area contributed by atoms with Crippen LogP contribution in [0, 0.1) is 5.82 Å². The van der Waals surface area contributed by atoms with Crippen LogP contribution in [0.25, 0.3) is 10.2 Å². The van der Waals surface area contributed by atoms with Gasteiger partial charge in [0, 0.05) is 18.0 Å². The monoisotopic (exact) mass is 453 g/mol. The van der Waals surface area contributed by atoms with Gasteiger partial charge in [-0.3, -0.25) is 9.69 Å². The number of rotatable bonds is 8. The van der Waals surface area contributed by atoms with E-state index in [1.54, 1.807) is 28.4 Å². The lowest BCUT2D eigenvalue weighted by Gasteiger charge is -2.21. The molecule has 0 N–H and O–H groups in total. The molecule has 0 spiro atoms. The third-order valence-electron chi connectivity index (χ3n) is 4.33. The molecule has 0 bridgehead atoms. The maximum Gasteiger partial charge on any atom is 0.239 e. The fourth-order valence-corrected chi connectivity index (χ4v) is 4.52. The number of hydrogen-bond donors (Lipinski definition) is 0. The van der Waals surface area contributed by atoms with Crippen molar-refractivity contribution in [2.24, 2.45) is 0 Å². The number of aryl methyl sites for hydroxylation is 1. The van der Waals surface area contributed by atoms with E-state index in [-0.39, 0.29) is 29.9 Å². The first-order valence-electron chi connectivity index (χ1n) is 9.19. The van der Waals surface area contributed by atoms with E-state index in [1.165, 1.54) is 29.5 Å². The number of halogens is 2. The minimum absolute atomic E-state index is 0. The van der Waals surface area contributed by atoms with E-state index in [0.29, 0.717) is 6.54 Å². The van der Waals surface area contributed by atoms with Crippen molar-refractivity contribution in [3.05, 3.63) is 53.8 Å². The predicted molar refractivity (Wildman–Crippen MR) is 124 cm³/mol. The molecule has 0 atom stereocenters. The molecule has 1 amide bonds. The van der Waals surface area contributed by atoms with Crippen LogP contribution in [0.15, 0.2) is 47.4 Å². The molecule has 0 fully saturated rings. The zero-order chi connectivity index (χ0) is 20.1. The van der Waals surface area contributed by atoms with E-state index in [0.717, 1.165) is 33.2 Å². The molecule has 0 unspecified atom stereocenters. The van der Waals surface area contributed by atoms with Crippen molar-refractivity contribution < 1.29 is 9.18 Å². The van der Waals surface area contributed by atoms with Crippen molar-refractivity contribution in [1.29, 1.82) is 0 Å². The zero-order valence-electron chi connectivity index (χ0n) is 16.7. The van der Waals surface area contributed by atoms with Gasteiger partial charge in [-0.05, 0) is 62.5 Å². The molecule has 0 aliphatic heterocycles. The highest BCUT2D eigenvalue weighted by atomic mass is 35.5. The Bertz CT molecular complexity index is 947. The smallest absolute Gasteiger partial charge is 0.239 e. The van der Waals surface area contributed by atoms with Crippen molar-refractivity contribution >= 4 is 56.8 Å². The molecular weight excluding hydrogens is 429 g/mol. The second kappa shape index (κ2) is 10.9. The molecular formula is C21H25ClFN3OS2. The molecule has 0 radical (unpaired) electrons. The van der Waals surface area contributed by atoms with Crippen molar-refractivity contribution in [2.75, 3.05) is 37.8 Å². The number of aromatic nitrogens is 1. The maximum absolute atomic E-state index is 13.1. The summed E-state index contributed by atoms with van der Waals surface area (Å²) in [5.74, 6) is 0.0185. The summed E-state index contributed by atoms with van der Waals surface area (Å²) in [5.41, 5.74) is 2.19. The van der Waals surface area contributed by atoms with E-state index >= 15 is 0 Å². The van der Waals surface area contributed by atoms with E-state index in [4.69, 9.17) is 4.98 Å². The molecule has 3 rings (SSSR count). The van der Waals surface area contributed by atoms with Crippen LogP contribution >= 0.6 is 35.5 Å². The molecule has 4 nitrogen and oxygen atoms in total. The average molecular weight is 454 g/mol. The van der Waals surface area contributed by atoms with E-state index in [2.05, 4.69) is 24.0 Å². The summed E-state index contributed by atoms with van der Waals surface area (Å²) < 4.78 is 14.2. The number of nitrogens with zero attached hydrogens (tertiary/aromatic N) is 3. The molecule has 8 heteroatoms. The number of likely N-dealkylation sites (N-methyl/N-ethyl adjacent to an activating group) is 1. The van der Waals surface area contributed by atoms with Crippen LogP contribution in [0.2, 0.25) is 0 Å². The Morgan fingerprint density at radius 3 is 2.52 bits per heavy atom. The Kier molecular flexibility index (Phi) is 8.89. The molecule has 156 valence electrons. The van der Waals surface area contributed by atoms with Crippen LogP contribution in [0.3, 0.4) is 0 Å². The third kappa shape index (κ3) is 6.40. The fraction of sp³-hybridized carbons (Fsp3) is 0.333. The summed E-state index contributed by atoms with van der Waals surface area (Å²) in [6.07, 6.45) is 0.973. The van der Waals surface area contributed by atoms with Crippen LogP contribution in [0.5, 0.6) is 0 Å². The molecule has 0 saturated carbocycles. The van der Waals surface area contributed by atoms with Gasteiger partial charge in [0.1, 0.15) is 5.82 Å². The molecule has 1 aromatic heterocycles. The van der Waals surface area contributed by atoms with Gasteiger partial charge in [0.05, 0.1) is 16.0 Å². The molecule has 0 saturated heterocycles. The van der Waals surface area contributed by atoms with Gasteiger partial charge in [0.2, 0.25) is 5.91 Å². The van der Waals surface area contributed by atoms with Gasteiger partial charge >= 0.3 is 0 Å². The second-order valence-corrected chi connectivity index (χ2v) is 8.80. The quantitative estimate of drug-likeness (QED) is 0.444. The molecule has 0 aliphatic carbocycles. The van der Waals surface area contributed by atoms with E-state index in [1.807, 2.05) is 20.2 Å². The zero-order valence-corrected chi connectivity index (χ0v) is 19.2. The normalized spacial score (nSPS) is 10.9. The highest BCUT2D eigenvalue weighted by molar-refractivity contribution is 8.00. The summed E-state index contributed by atoms with van der Waals surface area (Å²) in [5, 5.41) is 0.731. The number of amides is 1. The van der Waals surface area contributed by atoms with Crippen molar-refractivity contribution in [3.8, 4) is 0 Å². The second-order valence-electron chi connectivity index (χ2n) is 6.74. The number of benzene rings is 2. The maximum atomic E-state index is 13.1. The van der Waals surface area contributed by atoms with Gasteiger partial charge in [-0.15, -0.1) is 24.2 Å². The summed E-state index contributed by atoms with van der Waals surface area (Å²) in [7, 11) is 3.98. The van der Waals surface area contributed by atoms with Crippen LogP contribution < -0.4 is 4.90 Å². The first-order chi connectivity index (χ1) is 13.5. The first kappa shape index (κ1) is 23.6. The Balaban J connectivity index is 0.00000300. The Morgan fingerprint density at radius 1 is 1.14 bits per heavy atom. The number of thiazole rings is 1. The van der Waals surface area contributed by atoms with Crippen molar-refractivity contribution in [3.63, 3.8) is 0 Å². The van der Waals surface area contributed by atoms with E-state index < -0.39 is 0 Å². The SMILES string of the molecule is CCc1ccc2nc(N(CCN(C)C)C(=O)CSc3ccc(F)cc3)sc2c1.Cl.